The molecule has 1 fully saturated rings. The number of hydrogen-bond acceptors (Lipinski definition) is 3. The first kappa shape index (κ1) is 11.9. The Morgan fingerprint density at radius 1 is 1.53 bits per heavy atom. The normalized spacial score (nSPS) is 17.1. The molecule has 0 amide bonds. The van der Waals surface area contributed by atoms with Gasteiger partial charge in [-0.05, 0) is 30.9 Å². The van der Waals surface area contributed by atoms with Crippen molar-refractivity contribution in [1.29, 1.82) is 5.41 Å². The third-order valence-corrected chi connectivity index (χ3v) is 3.58. The number of hydrogen-bond donors (Lipinski definition) is 2. The minimum Gasteiger partial charge on any atom is -0.382 e. The van der Waals surface area contributed by atoms with Gasteiger partial charge in [0, 0.05) is 25.0 Å². The van der Waals surface area contributed by atoms with Crippen molar-refractivity contribution in [2.75, 3.05) is 18.0 Å². The van der Waals surface area contributed by atoms with Crippen LogP contribution in [0.3, 0.4) is 0 Å². The fourth-order valence-electron chi connectivity index (χ4n) is 2.36. The molecule has 0 aliphatic carbocycles. The monoisotopic (exact) mass is 232 g/mol. The maximum atomic E-state index is 7.40. The molecule has 2 rings (SSSR count). The molecule has 3 N–H and O–H groups in total. The predicted molar refractivity (Wildman–Crippen MR) is 70.5 cm³/mol. The van der Waals surface area contributed by atoms with Crippen LogP contribution in [-0.4, -0.2) is 23.9 Å². The molecule has 17 heavy (non-hydrogen) atoms. The molecule has 1 aliphatic rings. The van der Waals surface area contributed by atoms with Crippen molar-refractivity contribution >= 4 is 11.5 Å². The fourth-order valence-corrected chi connectivity index (χ4v) is 2.36. The van der Waals surface area contributed by atoms with Crippen molar-refractivity contribution in [2.24, 2.45) is 11.7 Å². The van der Waals surface area contributed by atoms with Gasteiger partial charge in [-0.2, -0.15) is 0 Å². The second kappa shape index (κ2) is 5.17. The molecule has 4 nitrogen and oxygen atoms in total. The Morgan fingerprint density at radius 2 is 2.24 bits per heavy atom. The zero-order valence-corrected chi connectivity index (χ0v) is 10.3. The Balaban J connectivity index is 2.08. The highest BCUT2D eigenvalue weighted by Crippen LogP contribution is 2.24. The summed E-state index contributed by atoms with van der Waals surface area (Å²) >= 11 is 0. The molecule has 1 aromatic heterocycles. The number of nitrogens with one attached hydrogen (secondary N) is 1. The zero-order chi connectivity index (χ0) is 12.3. The van der Waals surface area contributed by atoms with E-state index in [1.165, 1.54) is 19.3 Å². The lowest BCUT2D eigenvalue weighted by atomic mass is 9.94. The van der Waals surface area contributed by atoms with E-state index in [9.17, 15) is 0 Å². The molecule has 0 unspecified atom stereocenters. The molecular weight excluding hydrogens is 212 g/mol. The Hall–Kier alpha value is -1.58. The van der Waals surface area contributed by atoms with Gasteiger partial charge in [-0.15, -0.1) is 0 Å². The molecule has 0 radical (unpaired) electrons. The smallest absolute Gasteiger partial charge is 0.141 e. The molecule has 0 bridgehead atoms. The van der Waals surface area contributed by atoms with Crippen molar-refractivity contribution in [1.82, 2.24) is 4.98 Å². The highest BCUT2D eigenvalue weighted by Gasteiger charge is 2.18. The van der Waals surface area contributed by atoms with E-state index in [-0.39, 0.29) is 5.84 Å². The largest absolute Gasteiger partial charge is 0.382 e. The van der Waals surface area contributed by atoms with Crippen LogP contribution in [0.1, 0.15) is 31.9 Å². The first-order chi connectivity index (χ1) is 8.20. The van der Waals surface area contributed by atoms with E-state index in [0.717, 1.165) is 24.7 Å². The maximum absolute atomic E-state index is 7.40. The molecule has 1 aromatic rings. The number of anilines is 1. The first-order valence-corrected chi connectivity index (χ1v) is 6.26. The summed E-state index contributed by atoms with van der Waals surface area (Å²) in [6.45, 7) is 4.46. The summed E-state index contributed by atoms with van der Waals surface area (Å²) in [5, 5.41) is 7.40. The van der Waals surface area contributed by atoms with E-state index in [1.807, 2.05) is 12.1 Å². The molecule has 92 valence electrons. The van der Waals surface area contributed by atoms with Crippen molar-refractivity contribution in [3.8, 4) is 0 Å². The van der Waals surface area contributed by atoms with Crippen molar-refractivity contribution < 1.29 is 0 Å². The van der Waals surface area contributed by atoms with Crippen LogP contribution in [0.4, 0.5) is 5.69 Å². The summed E-state index contributed by atoms with van der Waals surface area (Å²) in [4.78, 5) is 6.45. The van der Waals surface area contributed by atoms with Crippen LogP contribution < -0.4 is 10.6 Å². The van der Waals surface area contributed by atoms with Crippen LogP contribution in [-0.2, 0) is 0 Å². The third-order valence-electron chi connectivity index (χ3n) is 3.58. The van der Waals surface area contributed by atoms with Crippen LogP contribution in [0.25, 0.3) is 0 Å². The Kier molecular flexibility index (Phi) is 3.61. The molecule has 4 heteroatoms. The molecule has 1 saturated heterocycles. The summed E-state index contributed by atoms with van der Waals surface area (Å²) in [5.41, 5.74) is 7.17. The summed E-state index contributed by atoms with van der Waals surface area (Å²) in [6, 6.07) is 3.91. The number of amidine groups is 1. The van der Waals surface area contributed by atoms with Gasteiger partial charge in [-0.25, -0.2) is 0 Å². The van der Waals surface area contributed by atoms with Gasteiger partial charge in [0.05, 0.1) is 0 Å². The van der Waals surface area contributed by atoms with Gasteiger partial charge in [-0.3, -0.25) is 10.4 Å². The highest BCUT2D eigenvalue weighted by atomic mass is 15.1. The standard InChI is InChI=1S/C13H20N4/c1-2-10-4-7-17(8-5-10)11-3-6-16-12(9-11)13(14)15/h3,6,9-10H,2,4-5,7-8H2,1H3,(H3,14,15). The lowest BCUT2D eigenvalue weighted by Crippen LogP contribution is -2.33. The van der Waals surface area contributed by atoms with Crippen LogP contribution in [0, 0.1) is 11.3 Å². The zero-order valence-electron chi connectivity index (χ0n) is 10.3. The number of piperidine rings is 1. The van der Waals surface area contributed by atoms with Crippen molar-refractivity contribution in [3.63, 3.8) is 0 Å². The van der Waals surface area contributed by atoms with Crippen LogP contribution in [0.2, 0.25) is 0 Å². The molecule has 0 atom stereocenters. The molecular formula is C13H20N4. The first-order valence-electron chi connectivity index (χ1n) is 6.26. The molecule has 0 spiro atoms. The van der Waals surface area contributed by atoms with Gasteiger partial charge >= 0.3 is 0 Å². The predicted octanol–water partition coefficient (Wildman–Crippen LogP) is 1.99. The van der Waals surface area contributed by atoms with Crippen molar-refractivity contribution in [2.45, 2.75) is 26.2 Å². The quantitative estimate of drug-likeness (QED) is 0.618. The number of nitrogens with two attached hydrogens (primary N) is 1. The van der Waals surface area contributed by atoms with Gasteiger partial charge in [0.25, 0.3) is 0 Å². The summed E-state index contributed by atoms with van der Waals surface area (Å²) in [5.74, 6) is 0.913. The van der Waals surface area contributed by atoms with Crippen LogP contribution >= 0.6 is 0 Å². The molecule has 2 heterocycles. The lowest BCUT2D eigenvalue weighted by molar-refractivity contribution is 0.395. The van der Waals surface area contributed by atoms with Crippen molar-refractivity contribution in [3.05, 3.63) is 24.0 Å². The number of nitrogens with zero attached hydrogens (tertiary/aromatic N) is 2. The van der Waals surface area contributed by atoms with E-state index in [0.29, 0.717) is 5.69 Å². The lowest BCUT2D eigenvalue weighted by Gasteiger charge is -2.33. The fraction of sp³-hybridized carbons (Fsp3) is 0.538. The number of pyridine rings is 1. The number of rotatable bonds is 3. The Bertz CT molecular complexity index is 394. The van der Waals surface area contributed by atoms with Crippen LogP contribution in [0.15, 0.2) is 18.3 Å². The van der Waals surface area contributed by atoms with E-state index < -0.39 is 0 Å². The summed E-state index contributed by atoms with van der Waals surface area (Å²) < 4.78 is 0. The van der Waals surface area contributed by atoms with E-state index in [2.05, 4.69) is 16.8 Å². The highest BCUT2D eigenvalue weighted by molar-refractivity contribution is 5.93. The minimum absolute atomic E-state index is 0.0373. The average Bonchev–Trinajstić information content (AvgIpc) is 2.39. The second-order valence-electron chi connectivity index (χ2n) is 4.65. The molecule has 0 aromatic carbocycles. The Labute approximate surface area is 102 Å². The topological polar surface area (TPSA) is 66.0 Å². The van der Waals surface area contributed by atoms with Gasteiger partial charge in [0.2, 0.25) is 0 Å². The van der Waals surface area contributed by atoms with E-state index in [4.69, 9.17) is 11.1 Å². The third kappa shape index (κ3) is 2.75. The SMILES string of the molecule is CCC1CCN(c2ccnc(C(=N)N)c2)CC1. The van der Waals surface area contributed by atoms with Gasteiger partial charge in [0.15, 0.2) is 0 Å². The Morgan fingerprint density at radius 3 is 2.82 bits per heavy atom. The van der Waals surface area contributed by atoms with Crippen LogP contribution in [0.5, 0.6) is 0 Å². The maximum Gasteiger partial charge on any atom is 0.141 e. The second-order valence-corrected chi connectivity index (χ2v) is 4.65. The number of nitrogen functional groups attached to an aromatic ring is 1. The van der Waals surface area contributed by atoms with E-state index >= 15 is 0 Å². The summed E-state index contributed by atoms with van der Waals surface area (Å²) in [6.07, 6.45) is 5.53. The molecule has 0 saturated carbocycles. The van der Waals surface area contributed by atoms with Gasteiger partial charge in [0.1, 0.15) is 11.5 Å². The number of aromatic nitrogens is 1. The minimum atomic E-state index is 0.0373. The van der Waals surface area contributed by atoms with Gasteiger partial charge in [-0.1, -0.05) is 13.3 Å². The van der Waals surface area contributed by atoms with Gasteiger partial charge < -0.3 is 10.6 Å². The summed E-state index contributed by atoms with van der Waals surface area (Å²) in [7, 11) is 0. The molecule has 1 aliphatic heterocycles. The van der Waals surface area contributed by atoms with E-state index in [1.54, 1.807) is 6.20 Å². The average molecular weight is 232 g/mol.